The minimum Gasteiger partial charge on any atom is -0.369 e. The van der Waals surface area contributed by atoms with Gasteiger partial charge in [-0.05, 0) is 37.8 Å². The summed E-state index contributed by atoms with van der Waals surface area (Å²) in [6.45, 7) is 0. The summed E-state index contributed by atoms with van der Waals surface area (Å²) in [6.07, 6.45) is 4.48. The van der Waals surface area contributed by atoms with Crippen LogP contribution in [-0.4, -0.2) is 22.5 Å². The highest BCUT2D eigenvalue weighted by Crippen LogP contribution is 2.43. The lowest BCUT2D eigenvalue weighted by atomic mass is 9.87. The zero-order chi connectivity index (χ0) is 16.6. The van der Waals surface area contributed by atoms with Crippen LogP contribution in [0.5, 0.6) is 0 Å². The molecule has 1 fully saturated rings. The molecule has 0 atom stereocenters. The molecule has 122 valence electrons. The van der Waals surface area contributed by atoms with Gasteiger partial charge in [0.1, 0.15) is 11.4 Å². The van der Waals surface area contributed by atoms with Crippen LogP contribution in [0.3, 0.4) is 0 Å². The molecule has 2 aliphatic rings. The third-order valence-electron chi connectivity index (χ3n) is 4.23. The number of hydrogen-bond donors (Lipinski definition) is 2. The number of rotatable bonds is 2. The van der Waals surface area contributed by atoms with Crippen LogP contribution >= 0.6 is 15.9 Å². The zero-order valence-corrected chi connectivity index (χ0v) is 14.0. The Kier molecular flexibility index (Phi) is 3.97. The number of aliphatic imine (C=N–C) groups is 2. The van der Waals surface area contributed by atoms with Crippen LogP contribution in [0.4, 0.5) is 11.4 Å². The summed E-state index contributed by atoms with van der Waals surface area (Å²) in [4.78, 5) is 21.2. The molecule has 8 nitrogen and oxygen atoms in total. The van der Waals surface area contributed by atoms with Crippen molar-refractivity contribution in [3.05, 3.63) is 32.8 Å². The smallest absolute Gasteiger partial charge is 0.293 e. The lowest BCUT2D eigenvalue weighted by Crippen LogP contribution is -2.58. The van der Waals surface area contributed by atoms with E-state index in [1.54, 1.807) is 17.0 Å². The van der Waals surface area contributed by atoms with Crippen molar-refractivity contribution in [2.24, 2.45) is 21.5 Å². The summed E-state index contributed by atoms with van der Waals surface area (Å²) in [7, 11) is 0. The minimum atomic E-state index is -0.695. The van der Waals surface area contributed by atoms with Gasteiger partial charge in [0, 0.05) is 10.5 Å². The Hall–Kier alpha value is -2.16. The molecule has 0 radical (unpaired) electrons. The van der Waals surface area contributed by atoms with Gasteiger partial charge in [0.05, 0.1) is 4.92 Å². The van der Waals surface area contributed by atoms with Crippen LogP contribution in [-0.2, 0) is 0 Å². The van der Waals surface area contributed by atoms with Crippen molar-refractivity contribution in [1.82, 2.24) is 0 Å². The lowest BCUT2D eigenvalue weighted by Gasteiger charge is -2.45. The summed E-state index contributed by atoms with van der Waals surface area (Å²) in [5, 5.41) is 11.4. The monoisotopic (exact) mass is 380 g/mol. The first-order valence-electron chi connectivity index (χ1n) is 7.37. The normalized spacial score (nSPS) is 20.1. The van der Waals surface area contributed by atoms with Gasteiger partial charge in [-0.1, -0.05) is 22.4 Å². The van der Waals surface area contributed by atoms with Crippen LogP contribution in [0.15, 0.2) is 32.7 Å². The minimum absolute atomic E-state index is 0.0352. The second-order valence-corrected chi connectivity index (χ2v) is 6.62. The van der Waals surface area contributed by atoms with Gasteiger partial charge < -0.3 is 11.5 Å². The van der Waals surface area contributed by atoms with Gasteiger partial charge in [-0.25, -0.2) is 4.99 Å². The lowest BCUT2D eigenvalue weighted by molar-refractivity contribution is -0.384. The number of nitro benzene ring substituents is 1. The van der Waals surface area contributed by atoms with Crippen LogP contribution in [0.25, 0.3) is 0 Å². The summed E-state index contributed by atoms with van der Waals surface area (Å²) in [6, 6.07) is 4.75. The van der Waals surface area contributed by atoms with Crippen molar-refractivity contribution in [2.75, 3.05) is 4.90 Å². The third kappa shape index (κ3) is 2.76. The largest absolute Gasteiger partial charge is 0.369 e. The summed E-state index contributed by atoms with van der Waals surface area (Å²) >= 11 is 3.37. The van der Waals surface area contributed by atoms with E-state index in [1.165, 1.54) is 6.07 Å². The maximum atomic E-state index is 11.4. The van der Waals surface area contributed by atoms with Gasteiger partial charge >= 0.3 is 0 Å². The standard InChI is InChI=1S/C14H17BrN6O2/c15-9-4-5-10(21(22)23)11(8-9)20-13(17)18-12(16)19-14(20)6-2-1-3-7-14/h4-5,8H,1-3,6-7H2,(H4,16,17,18,19). The van der Waals surface area contributed by atoms with Gasteiger partial charge in [-0.2, -0.15) is 4.99 Å². The predicted octanol–water partition coefficient (Wildman–Crippen LogP) is 2.47. The number of halogens is 1. The third-order valence-corrected chi connectivity index (χ3v) is 4.72. The van der Waals surface area contributed by atoms with E-state index in [1.807, 2.05) is 0 Å². The predicted molar refractivity (Wildman–Crippen MR) is 92.3 cm³/mol. The summed E-state index contributed by atoms with van der Waals surface area (Å²) < 4.78 is 0.722. The van der Waals surface area contributed by atoms with Crippen molar-refractivity contribution in [3.63, 3.8) is 0 Å². The maximum absolute atomic E-state index is 11.4. The number of nitrogens with two attached hydrogens (primary N) is 2. The van der Waals surface area contributed by atoms with Crippen molar-refractivity contribution in [3.8, 4) is 0 Å². The molecule has 3 rings (SSSR count). The molecule has 0 unspecified atom stereocenters. The number of nitro groups is 1. The van der Waals surface area contributed by atoms with E-state index in [0.717, 1.165) is 36.6 Å². The molecule has 9 heteroatoms. The molecule has 1 spiro atoms. The molecule has 0 amide bonds. The van der Waals surface area contributed by atoms with Crippen LogP contribution in [0, 0.1) is 10.1 Å². The van der Waals surface area contributed by atoms with Crippen molar-refractivity contribution >= 4 is 39.2 Å². The van der Waals surface area contributed by atoms with Crippen LogP contribution < -0.4 is 16.4 Å². The SMILES string of the molecule is NC1=NC2(CCCCC2)N(c2cc(Br)ccc2[N+](=O)[O-])C(N)=N1. The van der Waals surface area contributed by atoms with Crippen molar-refractivity contribution in [1.29, 1.82) is 0 Å². The number of anilines is 1. The van der Waals surface area contributed by atoms with E-state index in [0.29, 0.717) is 5.69 Å². The Labute approximate surface area is 141 Å². The first-order valence-corrected chi connectivity index (χ1v) is 8.16. The van der Waals surface area contributed by atoms with E-state index < -0.39 is 10.6 Å². The molecule has 23 heavy (non-hydrogen) atoms. The van der Waals surface area contributed by atoms with Gasteiger partial charge in [0.15, 0.2) is 0 Å². The topological polar surface area (TPSA) is 123 Å². The molecule has 1 aromatic rings. The fraction of sp³-hybridized carbons (Fsp3) is 0.429. The maximum Gasteiger partial charge on any atom is 0.293 e. The van der Waals surface area contributed by atoms with Gasteiger partial charge in [-0.3, -0.25) is 15.0 Å². The number of benzene rings is 1. The molecule has 0 aromatic heterocycles. The van der Waals surface area contributed by atoms with E-state index in [9.17, 15) is 10.1 Å². The molecule has 0 bridgehead atoms. The molecule has 1 saturated carbocycles. The Morgan fingerprint density at radius 3 is 2.61 bits per heavy atom. The molecule has 4 N–H and O–H groups in total. The Bertz CT molecular complexity index is 711. The molecule has 0 saturated heterocycles. The quantitative estimate of drug-likeness (QED) is 0.602. The molecular weight excluding hydrogens is 364 g/mol. The van der Waals surface area contributed by atoms with Crippen molar-refractivity contribution in [2.45, 2.75) is 37.8 Å². The van der Waals surface area contributed by atoms with Crippen molar-refractivity contribution < 1.29 is 4.92 Å². The Morgan fingerprint density at radius 2 is 1.96 bits per heavy atom. The highest BCUT2D eigenvalue weighted by atomic mass is 79.9. The molecule has 1 aliphatic heterocycles. The Morgan fingerprint density at radius 1 is 1.26 bits per heavy atom. The number of nitrogens with zero attached hydrogens (tertiary/aromatic N) is 4. The number of guanidine groups is 2. The molecule has 1 aromatic carbocycles. The molecule has 1 aliphatic carbocycles. The molecular formula is C14H17BrN6O2. The fourth-order valence-electron chi connectivity index (χ4n) is 3.30. The highest BCUT2D eigenvalue weighted by molar-refractivity contribution is 9.10. The summed E-state index contributed by atoms with van der Waals surface area (Å²) in [5.41, 5.74) is 11.6. The first-order chi connectivity index (χ1) is 10.9. The Balaban J connectivity index is 2.18. The van der Waals surface area contributed by atoms with E-state index >= 15 is 0 Å². The van der Waals surface area contributed by atoms with Crippen LogP contribution in [0.1, 0.15) is 32.1 Å². The van der Waals surface area contributed by atoms with Gasteiger partial charge in [0.2, 0.25) is 11.9 Å². The van der Waals surface area contributed by atoms with E-state index in [2.05, 4.69) is 25.9 Å². The first kappa shape index (κ1) is 15.7. The highest BCUT2D eigenvalue weighted by Gasteiger charge is 2.44. The number of hydrogen-bond acceptors (Lipinski definition) is 7. The van der Waals surface area contributed by atoms with Gasteiger partial charge in [0.25, 0.3) is 5.69 Å². The second-order valence-electron chi connectivity index (χ2n) is 5.71. The van der Waals surface area contributed by atoms with E-state index in [-0.39, 0.29) is 17.6 Å². The average Bonchev–Trinajstić information content (AvgIpc) is 2.46. The van der Waals surface area contributed by atoms with Crippen LogP contribution in [0.2, 0.25) is 0 Å². The molecule has 1 heterocycles. The summed E-state index contributed by atoms with van der Waals surface area (Å²) in [5.74, 6) is 0.263. The second kappa shape index (κ2) is 5.80. The van der Waals surface area contributed by atoms with E-state index in [4.69, 9.17) is 11.5 Å². The fourth-order valence-corrected chi connectivity index (χ4v) is 3.65. The zero-order valence-electron chi connectivity index (χ0n) is 12.4. The average molecular weight is 381 g/mol. The van der Waals surface area contributed by atoms with Gasteiger partial charge in [-0.15, -0.1) is 0 Å².